The Hall–Kier alpha value is -1.88. The molecule has 1 aromatic rings. The fourth-order valence-electron chi connectivity index (χ4n) is 2.28. The second-order valence-electron chi connectivity index (χ2n) is 4.71. The molecule has 0 aromatic heterocycles. The molecule has 1 saturated heterocycles. The summed E-state index contributed by atoms with van der Waals surface area (Å²) in [6.07, 6.45) is 1.87. The number of carbonyl (C=O) groups excluding carboxylic acids is 1. The van der Waals surface area contributed by atoms with Crippen molar-refractivity contribution in [3.05, 3.63) is 35.4 Å². The third kappa shape index (κ3) is 3.79. The van der Waals surface area contributed by atoms with Gasteiger partial charge in [0.25, 0.3) is 0 Å². The van der Waals surface area contributed by atoms with Gasteiger partial charge in [0.15, 0.2) is 0 Å². The van der Waals surface area contributed by atoms with Gasteiger partial charge in [-0.2, -0.15) is 0 Å². The van der Waals surface area contributed by atoms with Gasteiger partial charge in [0, 0.05) is 6.54 Å². The van der Waals surface area contributed by atoms with Gasteiger partial charge in [0.05, 0.1) is 12.5 Å². The average molecular weight is 262 g/mol. The second-order valence-corrected chi connectivity index (χ2v) is 4.71. The molecule has 1 fully saturated rings. The van der Waals surface area contributed by atoms with Crippen LogP contribution in [0.3, 0.4) is 0 Å². The van der Waals surface area contributed by atoms with E-state index < -0.39 is 5.97 Å². The molecule has 1 amide bonds. The van der Waals surface area contributed by atoms with E-state index in [-0.39, 0.29) is 18.4 Å². The quantitative estimate of drug-likeness (QED) is 0.729. The summed E-state index contributed by atoms with van der Waals surface area (Å²) >= 11 is 0. The molecule has 5 heteroatoms. The Balaban J connectivity index is 1.94. The second kappa shape index (κ2) is 6.33. The van der Waals surface area contributed by atoms with Crippen molar-refractivity contribution in [3.63, 3.8) is 0 Å². The number of amides is 1. The van der Waals surface area contributed by atoms with Crippen molar-refractivity contribution in [2.24, 2.45) is 0 Å². The fourth-order valence-corrected chi connectivity index (χ4v) is 2.28. The molecule has 0 saturated carbocycles. The number of benzene rings is 1. The topological polar surface area (TPSA) is 78.4 Å². The first kappa shape index (κ1) is 13.5. The highest BCUT2D eigenvalue weighted by Gasteiger charge is 2.21. The summed E-state index contributed by atoms with van der Waals surface area (Å²) in [7, 11) is 0. The highest BCUT2D eigenvalue weighted by atomic mass is 16.4. The van der Waals surface area contributed by atoms with Crippen molar-refractivity contribution < 1.29 is 14.7 Å². The van der Waals surface area contributed by atoms with E-state index in [4.69, 9.17) is 5.11 Å². The zero-order valence-electron chi connectivity index (χ0n) is 10.7. The van der Waals surface area contributed by atoms with Crippen molar-refractivity contribution in [2.75, 3.05) is 6.54 Å². The summed E-state index contributed by atoms with van der Waals surface area (Å²) in [5.74, 6) is -0.876. The number of carboxylic acids is 1. The molecule has 1 atom stereocenters. The van der Waals surface area contributed by atoms with Crippen molar-refractivity contribution in [1.29, 1.82) is 0 Å². The summed E-state index contributed by atoms with van der Waals surface area (Å²) in [5, 5.41) is 14.8. The Morgan fingerprint density at radius 1 is 1.32 bits per heavy atom. The lowest BCUT2D eigenvalue weighted by atomic mass is 10.0. The van der Waals surface area contributed by atoms with Gasteiger partial charge in [-0.1, -0.05) is 24.3 Å². The molecule has 3 N–H and O–H groups in total. The van der Waals surface area contributed by atoms with Crippen LogP contribution in [0.2, 0.25) is 0 Å². The van der Waals surface area contributed by atoms with Crippen LogP contribution < -0.4 is 10.6 Å². The van der Waals surface area contributed by atoms with E-state index in [2.05, 4.69) is 10.6 Å². The molecule has 0 bridgehead atoms. The van der Waals surface area contributed by atoms with Gasteiger partial charge in [-0.25, -0.2) is 0 Å². The fraction of sp³-hybridized carbons (Fsp3) is 0.429. The van der Waals surface area contributed by atoms with Gasteiger partial charge in [-0.15, -0.1) is 0 Å². The number of rotatable bonds is 5. The summed E-state index contributed by atoms with van der Waals surface area (Å²) in [6.45, 7) is 1.26. The lowest BCUT2D eigenvalue weighted by Crippen LogP contribution is -2.40. The molecule has 1 aliphatic rings. The van der Waals surface area contributed by atoms with Gasteiger partial charge in [-0.3, -0.25) is 9.59 Å². The lowest BCUT2D eigenvalue weighted by molar-refractivity contribution is -0.136. The molecule has 1 aliphatic heterocycles. The van der Waals surface area contributed by atoms with Crippen LogP contribution in [0.4, 0.5) is 0 Å². The maximum atomic E-state index is 11.9. The Kier molecular flexibility index (Phi) is 4.52. The Bertz CT molecular complexity index is 468. The standard InChI is InChI=1S/C14H18N2O3/c17-13(18)8-10-4-1-2-5-11(10)9-16-14(19)12-6-3-7-15-12/h1-2,4-5,12,15H,3,6-9H2,(H,16,19)(H,17,18)/t12-/m1/s1. The maximum absolute atomic E-state index is 11.9. The molecule has 0 radical (unpaired) electrons. The maximum Gasteiger partial charge on any atom is 0.307 e. The van der Waals surface area contributed by atoms with Crippen molar-refractivity contribution >= 4 is 11.9 Å². The number of hydrogen-bond donors (Lipinski definition) is 3. The van der Waals surface area contributed by atoms with Crippen LogP contribution in [0.15, 0.2) is 24.3 Å². The molecule has 1 heterocycles. The zero-order valence-corrected chi connectivity index (χ0v) is 10.7. The van der Waals surface area contributed by atoms with Crippen LogP contribution in [-0.2, 0) is 22.6 Å². The number of carboxylic acid groups (broad SMARTS) is 1. The molecule has 2 rings (SSSR count). The van der Waals surface area contributed by atoms with Gasteiger partial charge in [-0.05, 0) is 30.5 Å². The minimum Gasteiger partial charge on any atom is -0.481 e. The number of nitrogens with one attached hydrogen (secondary N) is 2. The van der Waals surface area contributed by atoms with Gasteiger partial charge < -0.3 is 15.7 Å². The van der Waals surface area contributed by atoms with Crippen LogP contribution >= 0.6 is 0 Å². The SMILES string of the molecule is O=C(O)Cc1ccccc1CNC(=O)[C@H]1CCCN1. The monoisotopic (exact) mass is 262 g/mol. The summed E-state index contributed by atoms with van der Waals surface area (Å²) in [4.78, 5) is 22.6. The molecular weight excluding hydrogens is 244 g/mol. The van der Waals surface area contributed by atoms with E-state index >= 15 is 0 Å². The van der Waals surface area contributed by atoms with E-state index in [1.54, 1.807) is 6.07 Å². The minimum atomic E-state index is -0.865. The Morgan fingerprint density at radius 2 is 2.05 bits per heavy atom. The summed E-state index contributed by atoms with van der Waals surface area (Å²) < 4.78 is 0. The van der Waals surface area contributed by atoms with Crippen LogP contribution in [0.5, 0.6) is 0 Å². The van der Waals surface area contributed by atoms with Crippen molar-refractivity contribution in [2.45, 2.75) is 31.8 Å². The van der Waals surface area contributed by atoms with E-state index in [9.17, 15) is 9.59 Å². The third-order valence-corrected chi connectivity index (χ3v) is 3.29. The Labute approximate surface area is 112 Å². The van der Waals surface area contributed by atoms with Crippen LogP contribution in [0.1, 0.15) is 24.0 Å². The smallest absolute Gasteiger partial charge is 0.307 e. The van der Waals surface area contributed by atoms with Crippen LogP contribution in [-0.4, -0.2) is 29.6 Å². The van der Waals surface area contributed by atoms with Crippen LogP contribution in [0.25, 0.3) is 0 Å². The highest BCUT2D eigenvalue weighted by molar-refractivity contribution is 5.82. The molecule has 1 aromatic carbocycles. The van der Waals surface area contributed by atoms with Gasteiger partial charge in [0.1, 0.15) is 0 Å². The predicted molar refractivity (Wildman–Crippen MR) is 70.7 cm³/mol. The summed E-state index contributed by atoms with van der Waals surface area (Å²) in [5.41, 5.74) is 1.60. The van der Waals surface area contributed by atoms with Crippen molar-refractivity contribution in [1.82, 2.24) is 10.6 Å². The molecule has 5 nitrogen and oxygen atoms in total. The average Bonchev–Trinajstić information content (AvgIpc) is 2.90. The number of aliphatic carboxylic acids is 1. The number of carbonyl (C=O) groups is 2. The number of hydrogen-bond acceptors (Lipinski definition) is 3. The molecule has 0 unspecified atom stereocenters. The molecule has 102 valence electrons. The third-order valence-electron chi connectivity index (χ3n) is 3.29. The minimum absolute atomic E-state index is 0.0115. The molecular formula is C14H18N2O3. The lowest BCUT2D eigenvalue weighted by Gasteiger charge is -2.13. The molecule has 19 heavy (non-hydrogen) atoms. The van der Waals surface area contributed by atoms with Crippen LogP contribution in [0, 0.1) is 0 Å². The van der Waals surface area contributed by atoms with Gasteiger partial charge >= 0.3 is 5.97 Å². The highest BCUT2D eigenvalue weighted by Crippen LogP contribution is 2.10. The molecule has 0 spiro atoms. The zero-order chi connectivity index (χ0) is 13.7. The van der Waals surface area contributed by atoms with E-state index in [0.29, 0.717) is 6.54 Å². The van der Waals surface area contributed by atoms with E-state index in [0.717, 1.165) is 30.5 Å². The first-order valence-electron chi connectivity index (χ1n) is 6.46. The first-order chi connectivity index (χ1) is 9.16. The van der Waals surface area contributed by atoms with E-state index in [1.165, 1.54) is 0 Å². The Morgan fingerprint density at radius 3 is 2.68 bits per heavy atom. The van der Waals surface area contributed by atoms with E-state index in [1.807, 2.05) is 18.2 Å². The molecule has 0 aliphatic carbocycles. The largest absolute Gasteiger partial charge is 0.481 e. The normalized spacial score (nSPS) is 18.2. The first-order valence-corrected chi connectivity index (χ1v) is 6.46. The predicted octanol–water partition coefficient (Wildman–Crippen LogP) is 0.682. The summed E-state index contributed by atoms with van der Waals surface area (Å²) in [6, 6.07) is 7.18. The van der Waals surface area contributed by atoms with Gasteiger partial charge in [0.2, 0.25) is 5.91 Å². The van der Waals surface area contributed by atoms with Crippen molar-refractivity contribution in [3.8, 4) is 0 Å².